The average Bonchev–Trinajstić information content (AvgIpc) is 3.08. The summed E-state index contributed by atoms with van der Waals surface area (Å²) < 4.78 is 32.0. The van der Waals surface area contributed by atoms with Gasteiger partial charge in [0.25, 0.3) is 0 Å². The van der Waals surface area contributed by atoms with E-state index in [-0.39, 0.29) is 17.5 Å². The van der Waals surface area contributed by atoms with Crippen LogP contribution in [-0.2, 0) is 16.6 Å². The lowest BCUT2D eigenvalue weighted by Gasteiger charge is -2.19. The Morgan fingerprint density at radius 3 is 2.33 bits per heavy atom. The van der Waals surface area contributed by atoms with Crippen molar-refractivity contribution in [1.29, 1.82) is 0 Å². The molecule has 2 rings (SSSR count). The molecule has 1 heterocycles. The minimum atomic E-state index is -3.64. The van der Waals surface area contributed by atoms with Crippen LogP contribution in [0.15, 0.2) is 52.0 Å². The third-order valence-corrected chi connectivity index (χ3v) is 4.90. The van der Waals surface area contributed by atoms with Crippen molar-refractivity contribution in [2.24, 2.45) is 0 Å². The van der Waals surface area contributed by atoms with Crippen molar-refractivity contribution in [3.63, 3.8) is 0 Å². The molecule has 0 aliphatic rings. The lowest BCUT2D eigenvalue weighted by atomic mass is 10.3. The normalized spacial score (nSPS) is 11.2. The first-order valence-electron chi connectivity index (χ1n) is 7.64. The second-order valence-electron chi connectivity index (χ2n) is 5.03. The van der Waals surface area contributed by atoms with Gasteiger partial charge in [-0.15, -0.1) is 0 Å². The number of urea groups is 1. The minimum absolute atomic E-state index is 0.0791. The van der Waals surface area contributed by atoms with E-state index in [0.29, 0.717) is 24.5 Å². The van der Waals surface area contributed by atoms with Crippen molar-refractivity contribution < 1.29 is 17.6 Å². The van der Waals surface area contributed by atoms with Crippen LogP contribution < -0.4 is 10.0 Å². The van der Waals surface area contributed by atoms with Crippen molar-refractivity contribution in [2.75, 3.05) is 18.4 Å². The van der Waals surface area contributed by atoms with E-state index in [1.54, 1.807) is 29.2 Å². The summed E-state index contributed by atoms with van der Waals surface area (Å²) in [5.74, 6) is 0.529. The van der Waals surface area contributed by atoms with Gasteiger partial charge in [-0.1, -0.05) is 0 Å². The zero-order valence-corrected chi connectivity index (χ0v) is 14.5. The number of rotatable bonds is 7. The largest absolute Gasteiger partial charge is 0.468 e. The van der Waals surface area contributed by atoms with Crippen molar-refractivity contribution in [3.8, 4) is 0 Å². The molecule has 7 nitrogen and oxygen atoms in total. The van der Waals surface area contributed by atoms with Crippen LogP contribution >= 0.6 is 0 Å². The second-order valence-corrected chi connectivity index (χ2v) is 6.80. The van der Waals surface area contributed by atoms with E-state index in [0.717, 1.165) is 0 Å². The van der Waals surface area contributed by atoms with Crippen LogP contribution in [0.2, 0.25) is 0 Å². The Kier molecular flexibility index (Phi) is 5.99. The Balaban J connectivity index is 2.01. The summed E-state index contributed by atoms with van der Waals surface area (Å²) in [4.78, 5) is 13.7. The SMILES string of the molecule is CCN(CC)C(=O)Nc1ccc(S(=O)(=O)NCc2ccco2)cc1. The van der Waals surface area contributed by atoms with Crippen molar-refractivity contribution >= 4 is 21.7 Å². The Hall–Kier alpha value is -2.32. The van der Waals surface area contributed by atoms with Gasteiger partial charge in [-0.3, -0.25) is 0 Å². The number of carbonyl (C=O) groups is 1. The first kappa shape index (κ1) is 18.0. The third kappa shape index (κ3) is 4.59. The summed E-state index contributed by atoms with van der Waals surface area (Å²) in [6.45, 7) is 5.07. The van der Waals surface area contributed by atoms with Crippen LogP contribution in [0.4, 0.5) is 10.5 Å². The summed E-state index contributed by atoms with van der Waals surface area (Å²) in [6.07, 6.45) is 1.48. The van der Waals surface area contributed by atoms with E-state index in [4.69, 9.17) is 4.42 Å². The standard InChI is InChI=1S/C16H21N3O4S/c1-3-19(4-2)16(20)18-13-7-9-15(10-8-13)24(21,22)17-12-14-6-5-11-23-14/h5-11,17H,3-4,12H2,1-2H3,(H,18,20). The van der Waals surface area contributed by atoms with Crippen LogP contribution in [0, 0.1) is 0 Å². The monoisotopic (exact) mass is 351 g/mol. The van der Waals surface area contributed by atoms with E-state index in [1.807, 2.05) is 13.8 Å². The molecule has 8 heteroatoms. The summed E-state index contributed by atoms with van der Waals surface area (Å²) in [6, 6.07) is 9.17. The van der Waals surface area contributed by atoms with Gasteiger partial charge >= 0.3 is 6.03 Å². The number of benzene rings is 1. The van der Waals surface area contributed by atoms with Gasteiger partial charge in [-0.25, -0.2) is 17.9 Å². The average molecular weight is 351 g/mol. The molecule has 0 radical (unpaired) electrons. The number of sulfonamides is 1. The molecule has 0 aliphatic carbocycles. The van der Waals surface area contributed by atoms with E-state index in [2.05, 4.69) is 10.0 Å². The molecule has 0 spiro atoms. The van der Waals surface area contributed by atoms with E-state index >= 15 is 0 Å². The fraction of sp³-hybridized carbons (Fsp3) is 0.312. The number of hydrogen-bond donors (Lipinski definition) is 2. The molecule has 0 fully saturated rings. The lowest BCUT2D eigenvalue weighted by Crippen LogP contribution is -2.34. The second kappa shape index (κ2) is 7.98. The first-order chi connectivity index (χ1) is 11.5. The van der Waals surface area contributed by atoms with Gasteiger partial charge in [0.15, 0.2) is 0 Å². The van der Waals surface area contributed by atoms with Gasteiger partial charge in [0.05, 0.1) is 17.7 Å². The molecule has 130 valence electrons. The molecule has 2 N–H and O–H groups in total. The lowest BCUT2D eigenvalue weighted by molar-refractivity contribution is 0.217. The minimum Gasteiger partial charge on any atom is -0.468 e. The molecule has 0 saturated heterocycles. The molecule has 0 atom stereocenters. The summed E-state index contributed by atoms with van der Waals surface area (Å²) in [5, 5.41) is 2.73. The molecule has 1 aromatic carbocycles. The number of anilines is 1. The maximum Gasteiger partial charge on any atom is 0.321 e. The van der Waals surface area contributed by atoms with Crippen LogP contribution in [0.5, 0.6) is 0 Å². The summed E-state index contributed by atoms with van der Waals surface area (Å²) >= 11 is 0. The van der Waals surface area contributed by atoms with Crippen molar-refractivity contribution in [3.05, 3.63) is 48.4 Å². The van der Waals surface area contributed by atoms with Gasteiger partial charge in [-0.2, -0.15) is 0 Å². The number of nitrogens with one attached hydrogen (secondary N) is 2. The van der Waals surface area contributed by atoms with Gasteiger partial charge in [0.1, 0.15) is 5.76 Å². The van der Waals surface area contributed by atoms with Gasteiger partial charge < -0.3 is 14.6 Å². The predicted molar refractivity (Wildman–Crippen MR) is 91.1 cm³/mol. The smallest absolute Gasteiger partial charge is 0.321 e. The molecule has 0 saturated carbocycles. The van der Waals surface area contributed by atoms with Crippen LogP contribution in [0.1, 0.15) is 19.6 Å². The number of nitrogens with zero attached hydrogens (tertiary/aromatic N) is 1. The fourth-order valence-electron chi connectivity index (χ4n) is 2.09. The van der Waals surface area contributed by atoms with Gasteiger partial charge in [0.2, 0.25) is 10.0 Å². The highest BCUT2D eigenvalue weighted by Crippen LogP contribution is 2.15. The number of furan rings is 1. The van der Waals surface area contributed by atoms with Crippen molar-refractivity contribution in [2.45, 2.75) is 25.3 Å². The Morgan fingerprint density at radius 2 is 1.79 bits per heavy atom. The first-order valence-corrected chi connectivity index (χ1v) is 9.12. The number of carbonyl (C=O) groups excluding carboxylic acids is 1. The van der Waals surface area contributed by atoms with E-state index in [9.17, 15) is 13.2 Å². The Morgan fingerprint density at radius 1 is 1.12 bits per heavy atom. The maximum atomic E-state index is 12.2. The molecule has 24 heavy (non-hydrogen) atoms. The zero-order chi connectivity index (χ0) is 17.6. The van der Waals surface area contributed by atoms with Crippen LogP contribution in [0.25, 0.3) is 0 Å². The highest BCUT2D eigenvalue weighted by Gasteiger charge is 2.15. The topological polar surface area (TPSA) is 91.7 Å². The molecule has 0 bridgehead atoms. The molecule has 2 aromatic rings. The molecular formula is C16H21N3O4S. The van der Waals surface area contributed by atoms with Crippen molar-refractivity contribution in [1.82, 2.24) is 9.62 Å². The molecule has 0 unspecified atom stereocenters. The number of amides is 2. The predicted octanol–water partition coefficient (Wildman–Crippen LogP) is 2.63. The highest BCUT2D eigenvalue weighted by molar-refractivity contribution is 7.89. The Bertz CT molecular complexity index is 751. The molecular weight excluding hydrogens is 330 g/mol. The van der Waals surface area contributed by atoms with E-state index in [1.165, 1.54) is 18.4 Å². The zero-order valence-electron chi connectivity index (χ0n) is 13.7. The van der Waals surface area contributed by atoms with E-state index < -0.39 is 10.0 Å². The maximum absolute atomic E-state index is 12.2. The van der Waals surface area contributed by atoms with Crippen LogP contribution in [-0.4, -0.2) is 32.4 Å². The Labute approximate surface area is 141 Å². The third-order valence-electron chi connectivity index (χ3n) is 3.48. The molecule has 0 aliphatic heterocycles. The summed E-state index contributed by atoms with van der Waals surface area (Å²) in [5.41, 5.74) is 0.539. The highest BCUT2D eigenvalue weighted by atomic mass is 32.2. The fourth-order valence-corrected chi connectivity index (χ4v) is 3.09. The quantitative estimate of drug-likeness (QED) is 0.802. The summed E-state index contributed by atoms with van der Waals surface area (Å²) in [7, 11) is -3.64. The van der Waals surface area contributed by atoms with Gasteiger partial charge in [-0.05, 0) is 50.2 Å². The molecule has 1 aromatic heterocycles. The van der Waals surface area contributed by atoms with Gasteiger partial charge in [0, 0.05) is 18.8 Å². The number of hydrogen-bond acceptors (Lipinski definition) is 4. The molecule has 2 amide bonds. The van der Waals surface area contributed by atoms with Crippen LogP contribution in [0.3, 0.4) is 0 Å².